The molecule has 2 aromatic carbocycles. The molecule has 9 heteroatoms. The fraction of sp³-hybridized carbons (Fsp3) is 0.276. The molecule has 2 aliphatic rings. The van der Waals surface area contributed by atoms with E-state index in [0.29, 0.717) is 22.9 Å². The van der Waals surface area contributed by atoms with Crippen LogP contribution in [0, 0.1) is 13.8 Å². The molecule has 38 heavy (non-hydrogen) atoms. The Morgan fingerprint density at radius 1 is 0.711 bits per heavy atom. The van der Waals surface area contributed by atoms with Crippen molar-refractivity contribution >= 4 is 46.4 Å². The van der Waals surface area contributed by atoms with Gasteiger partial charge in [0.05, 0.1) is 23.5 Å². The minimum atomic E-state index is -0.227. The van der Waals surface area contributed by atoms with Crippen LogP contribution in [-0.4, -0.2) is 38.2 Å². The lowest BCUT2D eigenvalue weighted by atomic mass is 9.93. The summed E-state index contributed by atoms with van der Waals surface area (Å²) in [6.07, 6.45) is 1.09. The molecule has 2 amide bonds. The van der Waals surface area contributed by atoms with Gasteiger partial charge in [0.25, 0.3) is 0 Å². The maximum absolute atomic E-state index is 12.5. The molecule has 1 aromatic heterocycles. The number of benzene rings is 2. The first-order valence-electron chi connectivity index (χ1n) is 12.4. The third-order valence-corrected chi connectivity index (χ3v) is 7.50. The molecule has 194 valence electrons. The van der Waals surface area contributed by atoms with Crippen LogP contribution in [-0.2, 0) is 9.59 Å². The van der Waals surface area contributed by atoms with Gasteiger partial charge in [0.15, 0.2) is 0 Å². The number of aryl methyl sites for hydroxylation is 2. The van der Waals surface area contributed by atoms with Gasteiger partial charge in [-0.25, -0.2) is 10.0 Å². The summed E-state index contributed by atoms with van der Waals surface area (Å²) in [5.41, 5.74) is 6.85. The molecule has 5 rings (SSSR count). The number of hydrogen-bond donors (Lipinski definition) is 0. The molecule has 0 N–H and O–H groups in total. The smallest absolute Gasteiger partial charge is 0.240 e. The maximum atomic E-state index is 12.5. The highest BCUT2D eigenvalue weighted by Gasteiger charge is 2.35. The second-order valence-corrected chi connectivity index (χ2v) is 10.5. The van der Waals surface area contributed by atoms with Gasteiger partial charge in [-0.3, -0.25) is 14.6 Å². The van der Waals surface area contributed by atoms with Crippen LogP contribution in [0.3, 0.4) is 0 Å². The Labute approximate surface area is 231 Å². The van der Waals surface area contributed by atoms with E-state index in [2.05, 4.69) is 0 Å². The molecule has 0 saturated heterocycles. The Balaban J connectivity index is 1.50. The van der Waals surface area contributed by atoms with Gasteiger partial charge in [-0.05, 0) is 55.3 Å². The van der Waals surface area contributed by atoms with Gasteiger partial charge in [0.2, 0.25) is 11.8 Å². The first-order chi connectivity index (χ1) is 18.1. The highest BCUT2D eigenvalue weighted by molar-refractivity contribution is 6.30. The Hall–Kier alpha value is -3.55. The lowest BCUT2D eigenvalue weighted by molar-refractivity contribution is -0.131. The zero-order valence-electron chi connectivity index (χ0n) is 21.6. The zero-order chi connectivity index (χ0) is 27.1. The number of carbonyl (C=O) groups is 2. The third-order valence-electron chi connectivity index (χ3n) is 7.00. The van der Waals surface area contributed by atoms with Crippen LogP contribution >= 0.6 is 23.2 Å². The fourth-order valence-corrected chi connectivity index (χ4v) is 5.38. The molecule has 7 nitrogen and oxygen atoms in total. The summed E-state index contributed by atoms with van der Waals surface area (Å²) in [5, 5.41) is 13.8. The number of carbonyl (C=O) groups excluding carboxylic acids is 2. The number of hydrazone groups is 2. The van der Waals surface area contributed by atoms with E-state index in [0.717, 1.165) is 45.1 Å². The summed E-state index contributed by atoms with van der Waals surface area (Å²) in [5.74, 6) is -0.276. The van der Waals surface area contributed by atoms with Crippen LogP contribution in [0.2, 0.25) is 10.0 Å². The molecular formula is C29H27Cl2N5O2. The highest BCUT2D eigenvalue weighted by atomic mass is 35.5. The van der Waals surface area contributed by atoms with Gasteiger partial charge in [-0.1, -0.05) is 47.5 Å². The van der Waals surface area contributed by atoms with Crippen molar-refractivity contribution in [2.75, 3.05) is 0 Å². The van der Waals surface area contributed by atoms with Gasteiger partial charge >= 0.3 is 0 Å². The average Bonchev–Trinajstić information content (AvgIpc) is 3.51. The van der Waals surface area contributed by atoms with Crippen molar-refractivity contribution in [3.8, 4) is 0 Å². The van der Waals surface area contributed by atoms with E-state index in [1.807, 2.05) is 68.4 Å². The molecule has 2 aliphatic heterocycles. The van der Waals surface area contributed by atoms with Crippen molar-refractivity contribution in [1.29, 1.82) is 0 Å². The number of amides is 2. The Morgan fingerprint density at radius 2 is 1.08 bits per heavy atom. The van der Waals surface area contributed by atoms with Gasteiger partial charge < -0.3 is 0 Å². The monoisotopic (exact) mass is 547 g/mol. The first-order valence-corrected chi connectivity index (χ1v) is 13.1. The normalized spacial score (nSPS) is 19.0. The topological polar surface area (TPSA) is 78.2 Å². The molecule has 0 bridgehead atoms. The van der Waals surface area contributed by atoms with Crippen molar-refractivity contribution in [1.82, 2.24) is 15.0 Å². The van der Waals surface area contributed by atoms with Crippen molar-refractivity contribution in [3.05, 3.63) is 98.3 Å². The maximum Gasteiger partial charge on any atom is 0.240 e. The Morgan fingerprint density at radius 3 is 1.42 bits per heavy atom. The number of nitrogens with zero attached hydrogens (tertiary/aromatic N) is 5. The second-order valence-electron chi connectivity index (χ2n) is 9.62. The van der Waals surface area contributed by atoms with E-state index in [1.165, 1.54) is 23.9 Å². The van der Waals surface area contributed by atoms with E-state index >= 15 is 0 Å². The lowest BCUT2D eigenvalue weighted by Crippen LogP contribution is -2.24. The van der Waals surface area contributed by atoms with Crippen LogP contribution in [0.4, 0.5) is 0 Å². The molecule has 0 saturated carbocycles. The minimum absolute atomic E-state index is 0.138. The van der Waals surface area contributed by atoms with E-state index in [-0.39, 0.29) is 23.9 Å². The summed E-state index contributed by atoms with van der Waals surface area (Å²) in [7, 11) is 0. The van der Waals surface area contributed by atoms with Crippen molar-refractivity contribution in [3.63, 3.8) is 0 Å². The van der Waals surface area contributed by atoms with Gasteiger partial charge in [0, 0.05) is 59.2 Å². The standard InChI is InChI=1S/C29H27Cl2N5O2/c1-16-24(26-14-28(35(33-26)18(3)37)20-5-9-22(30)10-6-20)13-25(17(2)32-16)27-15-29(36(34-27)19(4)38)21-7-11-23(31)12-8-21/h5-13,28-29H,14-15H2,1-4H3/t28-,29+. The SMILES string of the molecule is CC(=O)N1N=C(c2cc(C3=NN(C(C)=O)[C@H](c4ccc(Cl)cc4)C3)c(C)nc2C)C[C@@H]1c1ccc(Cl)cc1. The van der Waals surface area contributed by atoms with Crippen LogP contribution in [0.25, 0.3) is 0 Å². The Kier molecular flexibility index (Phi) is 7.07. The average molecular weight is 548 g/mol. The van der Waals surface area contributed by atoms with Gasteiger partial charge in [0.1, 0.15) is 0 Å². The molecule has 0 radical (unpaired) electrons. The van der Waals surface area contributed by atoms with Crippen molar-refractivity contribution < 1.29 is 9.59 Å². The summed E-state index contributed by atoms with van der Waals surface area (Å²) < 4.78 is 0. The molecular weight excluding hydrogens is 521 g/mol. The van der Waals surface area contributed by atoms with E-state index in [4.69, 9.17) is 38.4 Å². The fourth-order valence-electron chi connectivity index (χ4n) is 5.13. The molecule has 3 heterocycles. The summed E-state index contributed by atoms with van der Waals surface area (Å²) in [4.78, 5) is 29.8. The zero-order valence-corrected chi connectivity index (χ0v) is 23.1. The number of halogens is 2. The number of hydrogen-bond acceptors (Lipinski definition) is 5. The largest absolute Gasteiger partial charge is 0.273 e. The quantitative estimate of drug-likeness (QED) is 0.379. The van der Waals surface area contributed by atoms with E-state index < -0.39 is 0 Å². The summed E-state index contributed by atoms with van der Waals surface area (Å²) in [6.45, 7) is 6.91. The van der Waals surface area contributed by atoms with E-state index in [1.54, 1.807) is 0 Å². The number of pyridine rings is 1. The third kappa shape index (κ3) is 4.96. The molecule has 2 atom stereocenters. The highest BCUT2D eigenvalue weighted by Crippen LogP contribution is 2.36. The van der Waals surface area contributed by atoms with Gasteiger partial charge in [-0.2, -0.15) is 10.2 Å². The predicted octanol–water partition coefficient (Wildman–Crippen LogP) is 6.40. The molecule has 3 aromatic rings. The van der Waals surface area contributed by atoms with Crippen LogP contribution in [0.5, 0.6) is 0 Å². The van der Waals surface area contributed by atoms with Crippen molar-refractivity contribution in [2.24, 2.45) is 10.2 Å². The first kappa shape index (κ1) is 26.1. The summed E-state index contributed by atoms with van der Waals surface area (Å²) >= 11 is 12.2. The Bertz CT molecular complexity index is 1370. The van der Waals surface area contributed by atoms with Crippen LogP contribution < -0.4 is 0 Å². The van der Waals surface area contributed by atoms with Crippen LogP contribution in [0.1, 0.15) is 72.4 Å². The number of rotatable bonds is 4. The predicted molar refractivity (Wildman–Crippen MR) is 149 cm³/mol. The minimum Gasteiger partial charge on any atom is -0.273 e. The van der Waals surface area contributed by atoms with Crippen LogP contribution in [0.15, 0.2) is 64.8 Å². The van der Waals surface area contributed by atoms with E-state index in [9.17, 15) is 9.59 Å². The molecule has 0 aliphatic carbocycles. The summed E-state index contributed by atoms with van der Waals surface area (Å²) in [6, 6.07) is 16.6. The molecule has 0 spiro atoms. The number of aromatic nitrogens is 1. The van der Waals surface area contributed by atoms with Crippen molar-refractivity contribution in [2.45, 2.75) is 52.6 Å². The molecule has 0 fully saturated rings. The van der Waals surface area contributed by atoms with Gasteiger partial charge in [-0.15, -0.1) is 0 Å². The lowest BCUT2D eigenvalue weighted by Gasteiger charge is -2.20. The second kappa shape index (κ2) is 10.3. The molecule has 0 unspecified atom stereocenters.